The van der Waals surface area contributed by atoms with Crippen LogP contribution in [0.2, 0.25) is 0 Å². The summed E-state index contributed by atoms with van der Waals surface area (Å²) in [5.74, 6) is 2.68. The molecule has 4 rings (SSSR count). The van der Waals surface area contributed by atoms with E-state index in [0.717, 1.165) is 30.0 Å². The molecule has 0 N–H and O–H groups in total. The lowest BCUT2D eigenvalue weighted by atomic mass is 9.97. The number of likely N-dealkylation sites (tertiary alicyclic amines) is 1. The van der Waals surface area contributed by atoms with Crippen molar-refractivity contribution in [3.05, 3.63) is 46.6 Å². The fourth-order valence-corrected chi connectivity index (χ4v) is 3.92. The second kappa shape index (κ2) is 6.48. The van der Waals surface area contributed by atoms with Gasteiger partial charge in [-0.15, -0.1) is 21.5 Å². The molecule has 1 unspecified atom stereocenters. The van der Waals surface area contributed by atoms with Gasteiger partial charge in [0.1, 0.15) is 11.5 Å². The van der Waals surface area contributed by atoms with Crippen LogP contribution in [0.3, 0.4) is 0 Å². The van der Waals surface area contributed by atoms with Crippen molar-refractivity contribution in [2.45, 2.75) is 32.6 Å². The molecule has 3 aromatic heterocycles. The number of aryl methyl sites for hydroxylation is 2. The zero-order valence-corrected chi connectivity index (χ0v) is 15.0. The molecule has 1 atom stereocenters. The molecule has 130 valence electrons. The minimum Gasteiger partial charge on any atom is -0.466 e. The van der Waals surface area contributed by atoms with E-state index in [4.69, 9.17) is 8.83 Å². The van der Waals surface area contributed by atoms with Crippen molar-refractivity contribution in [1.82, 2.24) is 15.1 Å². The van der Waals surface area contributed by atoms with Crippen LogP contribution in [-0.4, -0.2) is 34.1 Å². The molecule has 1 aliphatic rings. The number of rotatable bonds is 3. The third kappa shape index (κ3) is 3.11. The standard InChI is InChI=1S/C18H19N3O3S/c1-11-9-14(12(2)23-11)18(22)21-7-3-5-13(10-21)16-19-20-17(24-16)15-6-4-8-25-15/h4,6,8-9,13H,3,5,7,10H2,1-2H3. The Morgan fingerprint density at radius 3 is 2.92 bits per heavy atom. The Balaban J connectivity index is 1.51. The smallest absolute Gasteiger partial charge is 0.257 e. The molecule has 0 radical (unpaired) electrons. The Morgan fingerprint density at radius 2 is 2.20 bits per heavy atom. The van der Waals surface area contributed by atoms with Gasteiger partial charge in [0.25, 0.3) is 11.8 Å². The van der Waals surface area contributed by atoms with Gasteiger partial charge in [0.15, 0.2) is 0 Å². The van der Waals surface area contributed by atoms with Crippen molar-refractivity contribution < 1.29 is 13.6 Å². The van der Waals surface area contributed by atoms with Crippen molar-refractivity contribution in [2.75, 3.05) is 13.1 Å². The van der Waals surface area contributed by atoms with Gasteiger partial charge >= 0.3 is 0 Å². The second-order valence-corrected chi connectivity index (χ2v) is 7.29. The molecule has 3 aromatic rings. The number of carbonyl (C=O) groups excluding carboxylic acids is 1. The lowest BCUT2D eigenvalue weighted by Crippen LogP contribution is -2.39. The largest absolute Gasteiger partial charge is 0.466 e. The highest BCUT2D eigenvalue weighted by atomic mass is 32.1. The molecule has 4 heterocycles. The average molecular weight is 357 g/mol. The second-order valence-electron chi connectivity index (χ2n) is 6.34. The first-order valence-corrected chi connectivity index (χ1v) is 9.23. The number of hydrogen-bond acceptors (Lipinski definition) is 6. The molecule has 6 nitrogen and oxygen atoms in total. The molecule has 0 saturated carbocycles. The third-order valence-corrected chi connectivity index (χ3v) is 5.36. The first-order chi connectivity index (χ1) is 12.1. The number of furan rings is 1. The molecule has 0 bridgehead atoms. The van der Waals surface area contributed by atoms with Gasteiger partial charge in [0, 0.05) is 13.1 Å². The van der Waals surface area contributed by atoms with Crippen molar-refractivity contribution in [2.24, 2.45) is 0 Å². The van der Waals surface area contributed by atoms with Crippen LogP contribution in [-0.2, 0) is 0 Å². The highest BCUT2D eigenvalue weighted by Gasteiger charge is 2.30. The van der Waals surface area contributed by atoms with Gasteiger partial charge in [0.2, 0.25) is 5.89 Å². The quantitative estimate of drug-likeness (QED) is 0.708. The van der Waals surface area contributed by atoms with Gasteiger partial charge in [-0.05, 0) is 44.2 Å². The SMILES string of the molecule is Cc1cc(C(=O)N2CCCC(c3nnc(-c4cccs4)o3)C2)c(C)o1. The Labute approximate surface area is 149 Å². The summed E-state index contributed by atoms with van der Waals surface area (Å²) in [7, 11) is 0. The number of nitrogens with zero attached hydrogens (tertiary/aromatic N) is 3. The maximum absolute atomic E-state index is 12.8. The summed E-state index contributed by atoms with van der Waals surface area (Å²) in [4.78, 5) is 15.6. The van der Waals surface area contributed by atoms with Gasteiger partial charge in [0.05, 0.1) is 16.4 Å². The minimum atomic E-state index is 0.0112. The minimum absolute atomic E-state index is 0.0112. The Bertz CT molecular complexity index is 881. The van der Waals surface area contributed by atoms with Gasteiger partial charge in [-0.2, -0.15) is 0 Å². The molecule has 0 aromatic carbocycles. The van der Waals surface area contributed by atoms with E-state index in [1.54, 1.807) is 11.3 Å². The fraction of sp³-hybridized carbons (Fsp3) is 0.389. The number of hydrogen-bond donors (Lipinski definition) is 0. The number of aromatic nitrogens is 2. The van der Waals surface area contributed by atoms with Crippen LogP contribution >= 0.6 is 11.3 Å². The van der Waals surface area contributed by atoms with Crippen LogP contribution in [0.25, 0.3) is 10.8 Å². The van der Waals surface area contributed by atoms with E-state index >= 15 is 0 Å². The zero-order chi connectivity index (χ0) is 17.4. The summed E-state index contributed by atoms with van der Waals surface area (Å²) in [5, 5.41) is 10.4. The van der Waals surface area contributed by atoms with Crippen molar-refractivity contribution in [3.8, 4) is 10.8 Å². The maximum atomic E-state index is 12.8. The van der Waals surface area contributed by atoms with Crippen LogP contribution in [0, 0.1) is 13.8 Å². The van der Waals surface area contributed by atoms with Crippen LogP contribution < -0.4 is 0 Å². The van der Waals surface area contributed by atoms with Gasteiger partial charge in [-0.25, -0.2) is 0 Å². The Morgan fingerprint density at radius 1 is 1.32 bits per heavy atom. The van der Waals surface area contributed by atoms with Crippen LogP contribution in [0.4, 0.5) is 0 Å². The van der Waals surface area contributed by atoms with Gasteiger partial charge in [-0.3, -0.25) is 4.79 Å². The zero-order valence-electron chi connectivity index (χ0n) is 14.2. The Kier molecular flexibility index (Phi) is 4.17. The predicted octanol–water partition coefficient (Wildman–Crippen LogP) is 4.03. The first-order valence-electron chi connectivity index (χ1n) is 8.35. The number of carbonyl (C=O) groups is 1. The monoisotopic (exact) mass is 357 g/mol. The summed E-state index contributed by atoms with van der Waals surface area (Å²) in [6.07, 6.45) is 1.86. The van der Waals surface area contributed by atoms with Gasteiger partial charge < -0.3 is 13.7 Å². The van der Waals surface area contributed by atoms with Gasteiger partial charge in [-0.1, -0.05) is 6.07 Å². The molecule has 1 saturated heterocycles. The van der Waals surface area contributed by atoms with E-state index in [-0.39, 0.29) is 11.8 Å². The fourth-order valence-electron chi connectivity index (χ4n) is 3.28. The van der Waals surface area contributed by atoms with Crippen molar-refractivity contribution >= 4 is 17.2 Å². The van der Waals surface area contributed by atoms with Crippen LogP contribution in [0.15, 0.2) is 32.4 Å². The van der Waals surface area contributed by atoms with E-state index in [1.807, 2.05) is 42.3 Å². The normalized spacial score (nSPS) is 17.8. The van der Waals surface area contributed by atoms with E-state index in [9.17, 15) is 4.79 Å². The summed E-state index contributed by atoms with van der Waals surface area (Å²) in [5.41, 5.74) is 0.642. The molecule has 0 aliphatic carbocycles. The molecular formula is C18H19N3O3S. The number of amides is 1. The van der Waals surface area contributed by atoms with E-state index in [2.05, 4.69) is 10.2 Å². The summed E-state index contributed by atoms with van der Waals surface area (Å²) >= 11 is 1.57. The van der Waals surface area contributed by atoms with E-state index in [0.29, 0.717) is 29.6 Å². The molecule has 7 heteroatoms. The highest BCUT2D eigenvalue weighted by Crippen LogP contribution is 2.31. The maximum Gasteiger partial charge on any atom is 0.257 e. The Hall–Kier alpha value is -2.41. The first kappa shape index (κ1) is 16.1. The van der Waals surface area contributed by atoms with Crippen LogP contribution in [0.5, 0.6) is 0 Å². The molecule has 0 spiro atoms. The lowest BCUT2D eigenvalue weighted by Gasteiger charge is -2.31. The lowest BCUT2D eigenvalue weighted by molar-refractivity contribution is 0.0696. The molecule has 1 fully saturated rings. The summed E-state index contributed by atoms with van der Waals surface area (Å²) < 4.78 is 11.4. The van der Waals surface area contributed by atoms with Crippen molar-refractivity contribution in [3.63, 3.8) is 0 Å². The molecule has 1 amide bonds. The van der Waals surface area contributed by atoms with Crippen molar-refractivity contribution in [1.29, 1.82) is 0 Å². The summed E-state index contributed by atoms with van der Waals surface area (Å²) in [6, 6.07) is 5.73. The highest BCUT2D eigenvalue weighted by molar-refractivity contribution is 7.13. The molecule has 25 heavy (non-hydrogen) atoms. The third-order valence-electron chi connectivity index (χ3n) is 4.50. The molecule has 1 aliphatic heterocycles. The predicted molar refractivity (Wildman–Crippen MR) is 93.7 cm³/mol. The average Bonchev–Trinajstić information content (AvgIpc) is 3.34. The number of thiophene rings is 1. The number of piperidine rings is 1. The van der Waals surface area contributed by atoms with E-state index < -0.39 is 0 Å². The van der Waals surface area contributed by atoms with Crippen LogP contribution in [0.1, 0.15) is 46.5 Å². The summed E-state index contributed by atoms with van der Waals surface area (Å²) in [6.45, 7) is 5.01. The molecular weight excluding hydrogens is 338 g/mol. The van der Waals surface area contributed by atoms with E-state index in [1.165, 1.54) is 0 Å². The topological polar surface area (TPSA) is 72.4 Å².